The highest BCUT2D eigenvalue weighted by Crippen LogP contribution is 2.19. The zero-order valence-corrected chi connectivity index (χ0v) is 14.3. The number of anilines is 1. The van der Waals surface area contributed by atoms with Crippen molar-refractivity contribution < 1.29 is 4.79 Å². The van der Waals surface area contributed by atoms with Crippen molar-refractivity contribution in [1.82, 2.24) is 15.3 Å². The third-order valence-corrected chi connectivity index (χ3v) is 4.39. The van der Waals surface area contributed by atoms with Crippen LogP contribution in [0.3, 0.4) is 0 Å². The summed E-state index contributed by atoms with van der Waals surface area (Å²) >= 11 is 0. The lowest BCUT2D eigenvalue weighted by Crippen LogP contribution is -2.36. The first kappa shape index (κ1) is 16.4. The molecule has 0 bridgehead atoms. The largest absolute Gasteiger partial charge is 0.347 e. The average molecular weight is 324 g/mol. The van der Waals surface area contributed by atoms with E-state index in [1.807, 2.05) is 31.2 Å². The summed E-state index contributed by atoms with van der Waals surface area (Å²) < 4.78 is 0. The quantitative estimate of drug-likeness (QED) is 0.939. The molecule has 1 unspecified atom stereocenters. The second-order valence-corrected chi connectivity index (χ2v) is 6.60. The Hall–Kier alpha value is -2.43. The van der Waals surface area contributed by atoms with E-state index in [0.717, 1.165) is 25.1 Å². The number of aryl methyl sites for hydroxylation is 1. The van der Waals surface area contributed by atoms with Crippen molar-refractivity contribution in [3.63, 3.8) is 0 Å². The summed E-state index contributed by atoms with van der Waals surface area (Å²) in [7, 11) is 0. The van der Waals surface area contributed by atoms with Crippen molar-refractivity contribution >= 4 is 11.9 Å². The van der Waals surface area contributed by atoms with Crippen LogP contribution in [0.25, 0.3) is 0 Å². The zero-order valence-electron chi connectivity index (χ0n) is 14.3. The van der Waals surface area contributed by atoms with E-state index >= 15 is 0 Å². The van der Waals surface area contributed by atoms with Crippen LogP contribution in [0.15, 0.2) is 36.5 Å². The normalized spacial score (nSPS) is 17.6. The SMILES string of the molecule is Cc1ccc(CNC(=O)c2ccnc(N3CCCC(C)C3)n2)cc1. The lowest BCUT2D eigenvalue weighted by Gasteiger charge is -2.30. The van der Waals surface area contributed by atoms with E-state index in [0.29, 0.717) is 24.1 Å². The third kappa shape index (κ3) is 4.10. The Morgan fingerprint density at radius 2 is 2.08 bits per heavy atom. The van der Waals surface area contributed by atoms with Crippen LogP contribution in [0.4, 0.5) is 5.95 Å². The molecule has 1 saturated heterocycles. The summed E-state index contributed by atoms with van der Waals surface area (Å²) in [5.41, 5.74) is 2.71. The van der Waals surface area contributed by atoms with Crippen LogP contribution in [0, 0.1) is 12.8 Å². The second kappa shape index (κ2) is 7.43. The molecule has 2 heterocycles. The van der Waals surface area contributed by atoms with Gasteiger partial charge in [-0.25, -0.2) is 9.97 Å². The van der Waals surface area contributed by atoms with Gasteiger partial charge in [-0.15, -0.1) is 0 Å². The number of nitrogens with one attached hydrogen (secondary N) is 1. The van der Waals surface area contributed by atoms with Crippen molar-refractivity contribution in [2.24, 2.45) is 5.92 Å². The fourth-order valence-corrected chi connectivity index (χ4v) is 2.98. The number of aromatic nitrogens is 2. The van der Waals surface area contributed by atoms with Crippen molar-refractivity contribution in [3.8, 4) is 0 Å². The minimum atomic E-state index is -0.163. The van der Waals surface area contributed by atoms with E-state index in [1.54, 1.807) is 12.3 Å². The van der Waals surface area contributed by atoms with Crippen LogP contribution >= 0.6 is 0 Å². The van der Waals surface area contributed by atoms with Gasteiger partial charge < -0.3 is 10.2 Å². The van der Waals surface area contributed by atoms with Crippen molar-refractivity contribution in [2.45, 2.75) is 33.2 Å². The van der Waals surface area contributed by atoms with Gasteiger partial charge in [-0.1, -0.05) is 36.8 Å². The summed E-state index contributed by atoms with van der Waals surface area (Å²) in [4.78, 5) is 23.3. The van der Waals surface area contributed by atoms with E-state index in [2.05, 4.69) is 27.1 Å². The van der Waals surface area contributed by atoms with Gasteiger partial charge in [0.25, 0.3) is 5.91 Å². The summed E-state index contributed by atoms with van der Waals surface area (Å²) in [6.45, 7) is 6.70. The molecule has 1 aliphatic rings. The van der Waals surface area contributed by atoms with E-state index in [9.17, 15) is 4.79 Å². The Kier molecular flexibility index (Phi) is 5.08. The van der Waals surface area contributed by atoms with Crippen LogP contribution in [0.1, 0.15) is 41.4 Å². The number of benzene rings is 1. The smallest absolute Gasteiger partial charge is 0.270 e. The van der Waals surface area contributed by atoms with Gasteiger partial charge in [0.05, 0.1) is 0 Å². The molecular formula is C19H24N4O. The molecule has 0 aliphatic carbocycles. The lowest BCUT2D eigenvalue weighted by molar-refractivity contribution is 0.0946. The number of nitrogens with zero attached hydrogens (tertiary/aromatic N) is 3. The summed E-state index contributed by atoms with van der Waals surface area (Å²) in [5, 5.41) is 2.93. The summed E-state index contributed by atoms with van der Waals surface area (Å²) in [6.07, 6.45) is 4.06. The number of piperidine rings is 1. The maximum absolute atomic E-state index is 12.4. The molecule has 5 heteroatoms. The van der Waals surface area contributed by atoms with Crippen LogP contribution < -0.4 is 10.2 Å². The molecule has 2 aromatic rings. The molecule has 0 spiro atoms. The monoisotopic (exact) mass is 324 g/mol. The molecule has 1 aromatic carbocycles. The van der Waals surface area contributed by atoms with E-state index < -0.39 is 0 Å². The fraction of sp³-hybridized carbons (Fsp3) is 0.421. The van der Waals surface area contributed by atoms with Gasteiger partial charge in [0.1, 0.15) is 5.69 Å². The highest BCUT2D eigenvalue weighted by molar-refractivity contribution is 5.92. The molecule has 1 fully saturated rings. The molecule has 1 amide bonds. The number of rotatable bonds is 4. The van der Waals surface area contributed by atoms with Crippen molar-refractivity contribution in [1.29, 1.82) is 0 Å². The maximum Gasteiger partial charge on any atom is 0.270 e. The number of amides is 1. The van der Waals surface area contributed by atoms with Crippen LogP contribution in [0.5, 0.6) is 0 Å². The number of carbonyl (C=O) groups is 1. The van der Waals surface area contributed by atoms with Crippen molar-refractivity contribution in [2.75, 3.05) is 18.0 Å². The molecule has 0 radical (unpaired) electrons. The molecule has 1 aromatic heterocycles. The molecule has 1 atom stereocenters. The lowest BCUT2D eigenvalue weighted by atomic mass is 10.0. The highest BCUT2D eigenvalue weighted by atomic mass is 16.1. The number of hydrogen-bond donors (Lipinski definition) is 1. The van der Waals surface area contributed by atoms with Crippen LogP contribution in [0.2, 0.25) is 0 Å². The van der Waals surface area contributed by atoms with Gasteiger partial charge >= 0.3 is 0 Å². The molecule has 24 heavy (non-hydrogen) atoms. The standard InChI is InChI=1S/C19H24N4O/c1-14-5-7-16(8-6-14)12-21-18(24)17-9-10-20-19(22-17)23-11-3-4-15(2)13-23/h5-10,15H,3-4,11-13H2,1-2H3,(H,21,24). The Balaban J connectivity index is 1.64. The molecule has 1 aliphatic heterocycles. The topological polar surface area (TPSA) is 58.1 Å². The predicted molar refractivity (Wildman–Crippen MR) is 95.0 cm³/mol. The molecule has 3 rings (SSSR count). The Bertz CT molecular complexity index is 699. The molecular weight excluding hydrogens is 300 g/mol. The maximum atomic E-state index is 12.4. The number of hydrogen-bond acceptors (Lipinski definition) is 4. The van der Waals surface area contributed by atoms with Crippen LogP contribution in [-0.4, -0.2) is 29.0 Å². The Morgan fingerprint density at radius 3 is 2.83 bits per heavy atom. The number of carbonyl (C=O) groups excluding carboxylic acids is 1. The highest BCUT2D eigenvalue weighted by Gasteiger charge is 2.19. The van der Waals surface area contributed by atoms with Gasteiger partial charge in [-0.2, -0.15) is 0 Å². The Morgan fingerprint density at radius 1 is 1.29 bits per heavy atom. The van der Waals surface area contributed by atoms with Crippen LogP contribution in [-0.2, 0) is 6.54 Å². The Labute approximate surface area is 143 Å². The van der Waals surface area contributed by atoms with Gasteiger partial charge in [0.2, 0.25) is 5.95 Å². The molecule has 5 nitrogen and oxygen atoms in total. The first-order chi connectivity index (χ1) is 11.6. The molecule has 1 N–H and O–H groups in total. The fourth-order valence-electron chi connectivity index (χ4n) is 2.98. The van der Waals surface area contributed by atoms with Gasteiger partial charge in [0.15, 0.2) is 0 Å². The molecule has 126 valence electrons. The summed E-state index contributed by atoms with van der Waals surface area (Å²) in [5.74, 6) is 1.13. The minimum absolute atomic E-state index is 0.163. The average Bonchev–Trinajstić information content (AvgIpc) is 2.61. The molecule has 0 saturated carbocycles. The van der Waals surface area contributed by atoms with E-state index in [-0.39, 0.29) is 5.91 Å². The first-order valence-corrected chi connectivity index (χ1v) is 8.53. The van der Waals surface area contributed by atoms with Gasteiger partial charge in [0, 0.05) is 25.8 Å². The minimum Gasteiger partial charge on any atom is -0.347 e. The predicted octanol–water partition coefficient (Wildman–Crippen LogP) is 2.95. The third-order valence-electron chi connectivity index (χ3n) is 4.39. The second-order valence-electron chi connectivity index (χ2n) is 6.60. The summed E-state index contributed by atoms with van der Waals surface area (Å²) in [6, 6.07) is 9.80. The van der Waals surface area contributed by atoms with E-state index in [1.165, 1.54) is 12.0 Å². The first-order valence-electron chi connectivity index (χ1n) is 8.53. The van der Waals surface area contributed by atoms with E-state index in [4.69, 9.17) is 0 Å². The van der Waals surface area contributed by atoms with Gasteiger partial charge in [-0.05, 0) is 37.3 Å². The zero-order chi connectivity index (χ0) is 16.9. The van der Waals surface area contributed by atoms with Gasteiger partial charge in [-0.3, -0.25) is 4.79 Å². The van der Waals surface area contributed by atoms with Crippen molar-refractivity contribution in [3.05, 3.63) is 53.3 Å².